The van der Waals surface area contributed by atoms with Gasteiger partial charge in [0.05, 0.1) is 6.54 Å². The van der Waals surface area contributed by atoms with Gasteiger partial charge >= 0.3 is 18.6 Å². The van der Waals surface area contributed by atoms with Crippen LogP contribution in [0.4, 0.5) is 0 Å². The number of rotatable bonds is 4. The van der Waals surface area contributed by atoms with Crippen molar-refractivity contribution < 1.29 is 18.6 Å². The summed E-state index contributed by atoms with van der Waals surface area (Å²) in [5.74, 6) is 0.299. The van der Waals surface area contributed by atoms with Gasteiger partial charge in [-0.2, -0.15) is 17.7 Å². The molecule has 0 aromatic heterocycles. The Morgan fingerprint density at radius 1 is 1.33 bits per heavy atom. The van der Waals surface area contributed by atoms with Gasteiger partial charge in [-0.1, -0.05) is 11.1 Å². The van der Waals surface area contributed by atoms with Crippen molar-refractivity contribution in [2.75, 3.05) is 6.54 Å². The molecule has 0 N–H and O–H groups in total. The standard InChI is InChI=1S/C6H11NO.V/c1-3-6(4-2)5-7-8;/h6H,1-5H2;/q-2;+2. The van der Waals surface area contributed by atoms with Gasteiger partial charge < -0.3 is 13.8 Å². The van der Waals surface area contributed by atoms with Crippen LogP contribution < -0.4 is 0 Å². The van der Waals surface area contributed by atoms with Crippen molar-refractivity contribution in [3.05, 3.63) is 18.8 Å². The predicted octanol–water partition coefficient (Wildman–Crippen LogP) is 1.81. The van der Waals surface area contributed by atoms with Crippen LogP contribution in [0.1, 0.15) is 12.8 Å². The molecule has 0 aliphatic rings. The molecule has 0 bridgehead atoms. The van der Waals surface area contributed by atoms with E-state index >= 15 is 0 Å². The van der Waals surface area contributed by atoms with E-state index in [-0.39, 0.29) is 18.6 Å². The van der Waals surface area contributed by atoms with Gasteiger partial charge in [-0.25, -0.2) is 0 Å². The summed E-state index contributed by atoms with van der Waals surface area (Å²) in [7, 11) is 0. The summed E-state index contributed by atoms with van der Waals surface area (Å²) in [4.78, 5) is 9.63. The van der Waals surface area contributed by atoms with Gasteiger partial charge in [0.2, 0.25) is 0 Å². The van der Waals surface area contributed by atoms with Gasteiger partial charge in [0.1, 0.15) is 0 Å². The fraction of sp³-hybridized carbons (Fsp3) is 0.667. The molecule has 51 valence electrons. The van der Waals surface area contributed by atoms with Crippen LogP contribution in [0.15, 0.2) is 5.18 Å². The molecule has 0 saturated heterocycles. The monoisotopic (exact) mass is 164 g/mol. The van der Waals surface area contributed by atoms with E-state index in [0.29, 0.717) is 12.5 Å². The molecule has 2 nitrogen and oxygen atoms in total. The molecule has 0 spiro atoms. The van der Waals surface area contributed by atoms with Crippen LogP contribution in [-0.4, -0.2) is 6.54 Å². The first-order valence-electron chi connectivity index (χ1n) is 2.72. The van der Waals surface area contributed by atoms with Gasteiger partial charge in [0.15, 0.2) is 0 Å². The Kier molecular flexibility index (Phi) is 10.8. The van der Waals surface area contributed by atoms with Crippen LogP contribution >= 0.6 is 0 Å². The Labute approximate surface area is 68.3 Å². The van der Waals surface area contributed by atoms with E-state index in [1.807, 2.05) is 0 Å². The minimum absolute atomic E-state index is 0. The third-order valence-electron chi connectivity index (χ3n) is 1.15. The maximum atomic E-state index is 9.63. The molecule has 0 aliphatic heterocycles. The summed E-state index contributed by atoms with van der Waals surface area (Å²) >= 11 is 0. The van der Waals surface area contributed by atoms with Crippen LogP contribution in [-0.2, 0) is 18.6 Å². The fourth-order valence-corrected chi connectivity index (χ4v) is 0.432. The van der Waals surface area contributed by atoms with E-state index in [2.05, 4.69) is 19.0 Å². The Bertz CT molecular complexity index is 64.1. The summed E-state index contributed by atoms with van der Waals surface area (Å²) in [6.07, 6.45) is 1.52. The van der Waals surface area contributed by atoms with Gasteiger partial charge in [-0.05, 0) is 0 Å². The normalized spacial score (nSPS) is 8.78. The summed E-state index contributed by atoms with van der Waals surface area (Å²) < 4.78 is 0. The van der Waals surface area contributed by atoms with E-state index in [4.69, 9.17) is 0 Å². The molecule has 1 radical (unpaired) electrons. The Hall–Kier alpha value is 0.184. The average molecular weight is 164 g/mol. The van der Waals surface area contributed by atoms with Crippen molar-refractivity contribution >= 4 is 0 Å². The molecule has 0 fully saturated rings. The summed E-state index contributed by atoms with van der Waals surface area (Å²) in [6.45, 7) is 7.64. The zero-order valence-corrected chi connectivity index (χ0v) is 6.81. The maximum Gasteiger partial charge on any atom is 2.00 e. The average Bonchev–Trinajstić information content (AvgIpc) is 1.83. The van der Waals surface area contributed by atoms with Crippen molar-refractivity contribution in [2.45, 2.75) is 12.8 Å². The van der Waals surface area contributed by atoms with Crippen LogP contribution in [0, 0.1) is 24.7 Å². The van der Waals surface area contributed by atoms with E-state index in [0.717, 1.165) is 12.8 Å². The van der Waals surface area contributed by atoms with E-state index in [1.165, 1.54) is 0 Å². The van der Waals surface area contributed by atoms with Crippen LogP contribution in [0.2, 0.25) is 0 Å². The SMILES string of the molecule is [CH2-]CC(C[CH2-])CN=O.[V+2]. The van der Waals surface area contributed by atoms with Crippen LogP contribution in [0.25, 0.3) is 0 Å². The second kappa shape index (κ2) is 8.18. The molecule has 9 heavy (non-hydrogen) atoms. The zero-order valence-electron chi connectivity index (χ0n) is 5.42. The largest absolute Gasteiger partial charge is 2.00 e. The van der Waals surface area contributed by atoms with E-state index < -0.39 is 0 Å². The molecular formula is C6H11NOV. The smallest absolute Gasteiger partial charge is 0.343 e. The fourth-order valence-electron chi connectivity index (χ4n) is 0.432. The molecule has 3 heteroatoms. The quantitative estimate of drug-likeness (QED) is 0.460. The molecule has 0 aliphatic carbocycles. The van der Waals surface area contributed by atoms with Gasteiger partial charge in [-0.15, -0.1) is 0 Å². The van der Waals surface area contributed by atoms with Crippen molar-refractivity contribution in [2.24, 2.45) is 11.1 Å². The first-order chi connectivity index (χ1) is 3.85. The topological polar surface area (TPSA) is 29.4 Å². The Morgan fingerprint density at radius 2 is 1.78 bits per heavy atom. The second-order valence-electron chi connectivity index (χ2n) is 1.76. The second-order valence-corrected chi connectivity index (χ2v) is 1.76. The third kappa shape index (κ3) is 6.06. The molecule has 0 amide bonds. The van der Waals surface area contributed by atoms with Crippen molar-refractivity contribution in [3.63, 3.8) is 0 Å². The first kappa shape index (κ1) is 11.9. The van der Waals surface area contributed by atoms with Gasteiger partial charge in [-0.3, -0.25) is 0 Å². The molecular weight excluding hydrogens is 153 g/mol. The predicted molar refractivity (Wildman–Crippen MR) is 34.1 cm³/mol. The number of hydrogen-bond acceptors (Lipinski definition) is 2. The zero-order chi connectivity index (χ0) is 6.41. The summed E-state index contributed by atoms with van der Waals surface area (Å²) in [5, 5.41) is 2.75. The Balaban J connectivity index is 0. The molecule has 0 heterocycles. The van der Waals surface area contributed by atoms with Gasteiger partial charge in [0, 0.05) is 0 Å². The van der Waals surface area contributed by atoms with Gasteiger partial charge in [0.25, 0.3) is 0 Å². The molecule has 0 atom stereocenters. The minimum Gasteiger partial charge on any atom is -0.343 e. The molecule has 0 rings (SSSR count). The van der Waals surface area contributed by atoms with Crippen molar-refractivity contribution in [1.82, 2.24) is 0 Å². The minimum atomic E-state index is 0. The van der Waals surface area contributed by atoms with Crippen molar-refractivity contribution in [3.8, 4) is 0 Å². The van der Waals surface area contributed by atoms with Crippen molar-refractivity contribution in [1.29, 1.82) is 0 Å². The maximum absolute atomic E-state index is 9.63. The number of hydrogen-bond donors (Lipinski definition) is 0. The summed E-state index contributed by atoms with van der Waals surface area (Å²) in [6, 6.07) is 0. The molecule has 0 unspecified atom stereocenters. The third-order valence-corrected chi connectivity index (χ3v) is 1.15. The molecule has 0 aromatic carbocycles. The van der Waals surface area contributed by atoms with E-state index in [1.54, 1.807) is 0 Å². The Morgan fingerprint density at radius 3 is 1.89 bits per heavy atom. The first-order valence-corrected chi connectivity index (χ1v) is 2.72. The number of nitroso groups, excluding NO2 is 1. The van der Waals surface area contributed by atoms with Crippen LogP contribution in [0.3, 0.4) is 0 Å². The summed E-state index contributed by atoms with van der Waals surface area (Å²) in [5.41, 5.74) is 0. The number of nitrogens with zero attached hydrogens (tertiary/aromatic N) is 1. The van der Waals surface area contributed by atoms with Crippen LogP contribution in [0.5, 0.6) is 0 Å². The van der Waals surface area contributed by atoms with E-state index in [9.17, 15) is 4.91 Å². The molecule has 0 aromatic rings. The molecule has 0 saturated carbocycles.